The maximum absolute atomic E-state index is 12.2. The normalized spacial score (nSPS) is 10.0. The number of rotatable bonds is 3. The first-order chi connectivity index (χ1) is 10.0. The molecular formula is C16H14BrNO3. The minimum Gasteiger partial charge on any atom is -0.465 e. The highest BCUT2D eigenvalue weighted by Gasteiger charge is 2.14. The van der Waals surface area contributed by atoms with Gasteiger partial charge in [-0.3, -0.25) is 4.79 Å². The number of carbonyl (C=O) groups is 2. The van der Waals surface area contributed by atoms with Gasteiger partial charge in [0.1, 0.15) is 0 Å². The average Bonchev–Trinajstić information content (AvgIpc) is 2.49. The number of amides is 1. The molecule has 0 saturated carbocycles. The molecule has 1 amide bonds. The molecule has 0 atom stereocenters. The minimum absolute atomic E-state index is 0.229. The molecule has 108 valence electrons. The number of anilines is 1. The van der Waals surface area contributed by atoms with Gasteiger partial charge in [0.05, 0.1) is 12.7 Å². The maximum atomic E-state index is 12.2. The van der Waals surface area contributed by atoms with Gasteiger partial charge in [0, 0.05) is 15.7 Å². The Bertz CT molecular complexity index is 680. The van der Waals surface area contributed by atoms with Crippen LogP contribution in [0.1, 0.15) is 26.3 Å². The Hall–Kier alpha value is -2.14. The third-order valence-corrected chi connectivity index (χ3v) is 3.62. The number of hydrogen-bond acceptors (Lipinski definition) is 3. The van der Waals surface area contributed by atoms with E-state index in [1.165, 1.54) is 7.11 Å². The minimum atomic E-state index is -0.424. The van der Waals surface area contributed by atoms with Gasteiger partial charge in [-0.25, -0.2) is 4.79 Å². The van der Waals surface area contributed by atoms with Gasteiger partial charge in [-0.1, -0.05) is 22.0 Å². The molecule has 0 fully saturated rings. The Morgan fingerprint density at radius 2 is 1.76 bits per heavy atom. The lowest BCUT2D eigenvalue weighted by atomic mass is 10.1. The summed E-state index contributed by atoms with van der Waals surface area (Å²) in [4.78, 5) is 23.8. The smallest absolute Gasteiger partial charge is 0.338 e. The van der Waals surface area contributed by atoms with Gasteiger partial charge in [-0.05, 0) is 48.9 Å². The molecule has 4 nitrogen and oxygen atoms in total. The van der Waals surface area contributed by atoms with Gasteiger partial charge in [-0.2, -0.15) is 0 Å². The van der Waals surface area contributed by atoms with Crippen molar-refractivity contribution in [3.05, 3.63) is 63.6 Å². The van der Waals surface area contributed by atoms with Crippen molar-refractivity contribution in [3.63, 3.8) is 0 Å². The number of carbonyl (C=O) groups excluding carboxylic acids is 2. The van der Waals surface area contributed by atoms with E-state index in [2.05, 4.69) is 21.2 Å². The zero-order chi connectivity index (χ0) is 15.4. The summed E-state index contributed by atoms with van der Waals surface area (Å²) in [6.45, 7) is 1.77. The second kappa shape index (κ2) is 6.54. The van der Waals surface area contributed by atoms with Gasteiger partial charge in [0.15, 0.2) is 0 Å². The number of halogens is 1. The van der Waals surface area contributed by atoms with Crippen LogP contribution < -0.4 is 5.32 Å². The van der Waals surface area contributed by atoms with Crippen molar-refractivity contribution in [2.24, 2.45) is 0 Å². The molecule has 0 aliphatic rings. The van der Waals surface area contributed by atoms with Gasteiger partial charge in [-0.15, -0.1) is 0 Å². The third-order valence-electron chi connectivity index (χ3n) is 3.09. The van der Waals surface area contributed by atoms with Gasteiger partial charge in [0.25, 0.3) is 5.91 Å². The van der Waals surface area contributed by atoms with Crippen LogP contribution in [0.3, 0.4) is 0 Å². The second-order valence-electron chi connectivity index (χ2n) is 4.43. The fraction of sp³-hybridized carbons (Fsp3) is 0.125. The quantitative estimate of drug-likeness (QED) is 0.859. The molecule has 2 rings (SSSR count). The molecule has 0 spiro atoms. The highest BCUT2D eigenvalue weighted by molar-refractivity contribution is 9.10. The van der Waals surface area contributed by atoms with E-state index < -0.39 is 5.97 Å². The van der Waals surface area contributed by atoms with Crippen LogP contribution in [-0.4, -0.2) is 19.0 Å². The standard InChI is InChI=1S/C16H14BrNO3/c1-10-13(16(20)21-2)4-3-5-14(10)18-15(19)11-6-8-12(17)9-7-11/h3-9H,1-2H3,(H,18,19). The predicted octanol–water partition coefficient (Wildman–Crippen LogP) is 3.80. The highest BCUT2D eigenvalue weighted by atomic mass is 79.9. The molecular weight excluding hydrogens is 334 g/mol. The Labute approximate surface area is 131 Å². The van der Waals surface area contributed by atoms with E-state index in [4.69, 9.17) is 4.74 Å². The average molecular weight is 348 g/mol. The molecule has 0 aromatic heterocycles. The molecule has 0 bridgehead atoms. The van der Waals surface area contributed by atoms with Gasteiger partial charge < -0.3 is 10.1 Å². The Kier molecular flexibility index (Phi) is 4.75. The lowest BCUT2D eigenvalue weighted by Gasteiger charge is -2.11. The lowest BCUT2D eigenvalue weighted by Crippen LogP contribution is -2.14. The number of benzene rings is 2. The Morgan fingerprint density at radius 3 is 2.38 bits per heavy atom. The first-order valence-corrected chi connectivity index (χ1v) is 7.07. The van der Waals surface area contributed by atoms with Crippen LogP contribution >= 0.6 is 15.9 Å². The first-order valence-electron chi connectivity index (χ1n) is 6.27. The molecule has 21 heavy (non-hydrogen) atoms. The summed E-state index contributed by atoms with van der Waals surface area (Å²) < 4.78 is 5.62. The fourth-order valence-corrected chi connectivity index (χ4v) is 2.16. The van der Waals surface area contributed by atoms with Crippen molar-refractivity contribution in [2.75, 3.05) is 12.4 Å². The number of nitrogens with one attached hydrogen (secondary N) is 1. The highest BCUT2D eigenvalue weighted by Crippen LogP contribution is 2.21. The van der Waals surface area contributed by atoms with Crippen LogP contribution in [0, 0.1) is 6.92 Å². The number of methoxy groups -OCH3 is 1. The van der Waals surface area contributed by atoms with Crippen molar-refractivity contribution in [1.29, 1.82) is 0 Å². The third kappa shape index (κ3) is 3.49. The van der Waals surface area contributed by atoms with Crippen LogP contribution in [0.15, 0.2) is 46.9 Å². The summed E-state index contributed by atoms with van der Waals surface area (Å²) in [5.41, 5.74) is 2.24. The summed E-state index contributed by atoms with van der Waals surface area (Å²) in [5.74, 6) is -0.653. The summed E-state index contributed by atoms with van der Waals surface area (Å²) in [6.07, 6.45) is 0. The first kappa shape index (κ1) is 15.3. The molecule has 5 heteroatoms. The van der Waals surface area contributed by atoms with E-state index in [1.807, 2.05) is 0 Å². The van der Waals surface area contributed by atoms with Crippen LogP contribution in [0.2, 0.25) is 0 Å². The molecule has 0 aliphatic heterocycles. The molecule has 2 aromatic rings. The fourth-order valence-electron chi connectivity index (χ4n) is 1.90. The van der Waals surface area contributed by atoms with Crippen LogP contribution in [0.5, 0.6) is 0 Å². The molecule has 2 aromatic carbocycles. The molecule has 0 heterocycles. The number of esters is 1. The zero-order valence-electron chi connectivity index (χ0n) is 11.6. The number of hydrogen-bond donors (Lipinski definition) is 1. The monoisotopic (exact) mass is 347 g/mol. The van der Waals surface area contributed by atoms with E-state index >= 15 is 0 Å². The van der Waals surface area contributed by atoms with Gasteiger partial charge in [0.2, 0.25) is 0 Å². The van der Waals surface area contributed by atoms with Crippen molar-refractivity contribution < 1.29 is 14.3 Å². The largest absolute Gasteiger partial charge is 0.465 e. The summed E-state index contributed by atoms with van der Waals surface area (Å²) in [5, 5.41) is 2.80. The SMILES string of the molecule is COC(=O)c1cccc(NC(=O)c2ccc(Br)cc2)c1C. The Balaban J connectivity index is 2.25. The van der Waals surface area contributed by atoms with E-state index in [-0.39, 0.29) is 5.91 Å². The molecule has 1 N–H and O–H groups in total. The summed E-state index contributed by atoms with van der Waals surface area (Å²) in [6, 6.07) is 12.2. The molecule has 0 unspecified atom stereocenters. The van der Waals surface area contributed by atoms with Gasteiger partial charge >= 0.3 is 5.97 Å². The Morgan fingerprint density at radius 1 is 1.10 bits per heavy atom. The van der Waals surface area contributed by atoms with Crippen molar-refractivity contribution in [3.8, 4) is 0 Å². The molecule has 0 aliphatic carbocycles. The molecule has 0 radical (unpaired) electrons. The van der Waals surface area contributed by atoms with E-state index in [0.29, 0.717) is 22.4 Å². The summed E-state index contributed by atoms with van der Waals surface area (Å²) in [7, 11) is 1.33. The van der Waals surface area contributed by atoms with E-state index in [0.717, 1.165) is 4.47 Å². The topological polar surface area (TPSA) is 55.4 Å². The maximum Gasteiger partial charge on any atom is 0.338 e. The van der Waals surface area contributed by atoms with Crippen LogP contribution in [0.4, 0.5) is 5.69 Å². The number of ether oxygens (including phenoxy) is 1. The van der Waals surface area contributed by atoms with E-state index in [1.54, 1.807) is 49.4 Å². The van der Waals surface area contributed by atoms with Crippen molar-refractivity contribution in [1.82, 2.24) is 0 Å². The van der Waals surface area contributed by atoms with Crippen LogP contribution in [0.25, 0.3) is 0 Å². The predicted molar refractivity (Wildman–Crippen MR) is 84.6 cm³/mol. The van der Waals surface area contributed by atoms with Crippen molar-refractivity contribution >= 4 is 33.5 Å². The summed E-state index contributed by atoms with van der Waals surface area (Å²) >= 11 is 3.32. The van der Waals surface area contributed by atoms with E-state index in [9.17, 15) is 9.59 Å². The lowest BCUT2D eigenvalue weighted by molar-refractivity contribution is 0.0599. The van der Waals surface area contributed by atoms with Crippen LogP contribution in [-0.2, 0) is 4.74 Å². The second-order valence-corrected chi connectivity index (χ2v) is 5.35. The molecule has 0 saturated heterocycles. The zero-order valence-corrected chi connectivity index (χ0v) is 13.2. The van der Waals surface area contributed by atoms with Crippen molar-refractivity contribution in [2.45, 2.75) is 6.92 Å².